The second kappa shape index (κ2) is 7.46. The minimum atomic E-state index is -0.436. The van der Waals surface area contributed by atoms with Crippen molar-refractivity contribution in [1.29, 1.82) is 0 Å². The van der Waals surface area contributed by atoms with Crippen LogP contribution < -0.4 is 10.2 Å². The van der Waals surface area contributed by atoms with Crippen LogP contribution in [0.15, 0.2) is 52.0 Å². The molecular formula is C15H13BrN2O4. The molecule has 0 aromatic heterocycles. The van der Waals surface area contributed by atoms with Crippen LogP contribution in [0, 0.1) is 0 Å². The van der Waals surface area contributed by atoms with Gasteiger partial charge in [0.2, 0.25) is 0 Å². The van der Waals surface area contributed by atoms with Crippen molar-refractivity contribution in [1.82, 2.24) is 5.43 Å². The van der Waals surface area contributed by atoms with E-state index in [1.165, 1.54) is 24.4 Å². The van der Waals surface area contributed by atoms with Gasteiger partial charge in [0.25, 0.3) is 5.91 Å². The lowest BCUT2D eigenvalue weighted by Crippen LogP contribution is -2.24. The zero-order valence-corrected chi connectivity index (χ0v) is 12.9. The average Bonchev–Trinajstić information content (AvgIpc) is 2.47. The molecule has 0 atom stereocenters. The molecule has 3 N–H and O–H groups in total. The van der Waals surface area contributed by atoms with Crippen LogP contribution in [0.3, 0.4) is 0 Å². The molecule has 2 aromatic rings. The number of carbonyl (C=O) groups is 1. The molecule has 0 aliphatic heterocycles. The van der Waals surface area contributed by atoms with Crippen molar-refractivity contribution in [3.63, 3.8) is 0 Å². The largest absolute Gasteiger partial charge is 0.508 e. The van der Waals surface area contributed by atoms with E-state index in [9.17, 15) is 9.90 Å². The Bertz CT molecular complexity index is 704. The number of hydrogen-bond donors (Lipinski definition) is 3. The maximum absolute atomic E-state index is 11.6. The Morgan fingerprint density at radius 3 is 2.82 bits per heavy atom. The van der Waals surface area contributed by atoms with Gasteiger partial charge in [0.1, 0.15) is 17.2 Å². The van der Waals surface area contributed by atoms with Crippen molar-refractivity contribution in [3.8, 4) is 17.2 Å². The highest BCUT2D eigenvalue weighted by atomic mass is 79.9. The molecule has 0 radical (unpaired) electrons. The molecule has 0 saturated heterocycles. The maximum Gasteiger partial charge on any atom is 0.277 e. The number of phenols is 2. The van der Waals surface area contributed by atoms with Crippen LogP contribution in [-0.2, 0) is 4.79 Å². The van der Waals surface area contributed by atoms with Gasteiger partial charge in [0, 0.05) is 16.1 Å². The first-order valence-electron chi connectivity index (χ1n) is 6.27. The fourth-order valence-electron chi connectivity index (χ4n) is 1.55. The van der Waals surface area contributed by atoms with E-state index in [0.717, 1.165) is 4.47 Å². The lowest BCUT2D eigenvalue weighted by atomic mass is 10.2. The lowest BCUT2D eigenvalue weighted by molar-refractivity contribution is -0.123. The fourth-order valence-corrected chi connectivity index (χ4v) is 1.93. The number of amides is 1. The number of halogens is 1. The summed E-state index contributed by atoms with van der Waals surface area (Å²) >= 11 is 3.30. The van der Waals surface area contributed by atoms with E-state index in [0.29, 0.717) is 11.3 Å². The summed E-state index contributed by atoms with van der Waals surface area (Å²) in [5, 5.41) is 22.4. The standard InChI is InChI=1S/C15H13BrN2O4/c16-11-2-1-3-13(6-11)22-9-15(21)18-17-8-10-4-5-12(19)7-14(10)20/h1-8,19-20H,9H2,(H,18,21)/b17-8+. The molecule has 6 nitrogen and oxygen atoms in total. The first-order chi connectivity index (χ1) is 10.5. The van der Waals surface area contributed by atoms with Gasteiger partial charge in [-0.3, -0.25) is 4.79 Å². The van der Waals surface area contributed by atoms with E-state index in [-0.39, 0.29) is 18.1 Å². The highest BCUT2D eigenvalue weighted by molar-refractivity contribution is 9.10. The first-order valence-corrected chi connectivity index (χ1v) is 7.06. The number of rotatable bonds is 5. The number of nitrogens with zero attached hydrogens (tertiary/aromatic N) is 1. The second-order valence-corrected chi connectivity index (χ2v) is 5.20. The molecule has 0 aliphatic carbocycles. The number of hydrogen-bond acceptors (Lipinski definition) is 5. The van der Waals surface area contributed by atoms with Gasteiger partial charge < -0.3 is 14.9 Å². The molecule has 0 aliphatic rings. The van der Waals surface area contributed by atoms with Crippen LogP contribution in [0.25, 0.3) is 0 Å². The minimum absolute atomic E-state index is 0.0545. The van der Waals surface area contributed by atoms with Crippen molar-refractivity contribution in [2.75, 3.05) is 6.61 Å². The van der Waals surface area contributed by atoms with Gasteiger partial charge >= 0.3 is 0 Å². The Kier molecular flexibility index (Phi) is 5.37. The summed E-state index contributed by atoms with van der Waals surface area (Å²) < 4.78 is 6.15. The SMILES string of the molecule is O=C(COc1cccc(Br)c1)N/N=C/c1ccc(O)cc1O. The molecule has 1 amide bonds. The van der Waals surface area contributed by atoms with E-state index >= 15 is 0 Å². The minimum Gasteiger partial charge on any atom is -0.508 e. The summed E-state index contributed by atoms with van der Waals surface area (Å²) in [6.07, 6.45) is 1.27. The summed E-state index contributed by atoms with van der Waals surface area (Å²) in [6, 6.07) is 11.2. The summed E-state index contributed by atoms with van der Waals surface area (Å²) in [6.45, 7) is -0.185. The second-order valence-electron chi connectivity index (χ2n) is 4.28. The Morgan fingerprint density at radius 1 is 1.27 bits per heavy atom. The Labute approximate surface area is 135 Å². The zero-order chi connectivity index (χ0) is 15.9. The smallest absolute Gasteiger partial charge is 0.277 e. The van der Waals surface area contributed by atoms with Crippen LogP contribution in [0.2, 0.25) is 0 Å². The van der Waals surface area contributed by atoms with Crippen LogP contribution in [0.4, 0.5) is 0 Å². The van der Waals surface area contributed by atoms with Crippen LogP contribution >= 0.6 is 15.9 Å². The number of ether oxygens (including phenoxy) is 1. The third-order valence-electron chi connectivity index (χ3n) is 2.57. The predicted molar refractivity (Wildman–Crippen MR) is 85.1 cm³/mol. The monoisotopic (exact) mass is 364 g/mol. The molecule has 0 spiro atoms. The first kappa shape index (κ1) is 15.8. The molecule has 2 rings (SSSR count). The Morgan fingerprint density at radius 2 is 2.09 bits per heavy atom. The van der Waals surface area contributed by atoms with E-state index in [4.69, 9.17) is 9.84 Å². The number of benzene rings is 2. The van der Waals surface area contributed by atoms with Gasteiger partial charge in [-0.15, -0.1) is 0 Å². The van der Waals surface area contributed by atoms with Crippen molar-refractivity contribution >= 4 is 28.1 Å². The van der Waals surface area contributed by atoms with Crippen molar-refractivity contribution in [3.05, 3.63) is 52.5 Å². The summed E-state index contributed by atoms with van der Waals surface area (Å²) in [7, 11) is 0. The van der Waals surface area contributed by atoms with Gasteiger partial charge in [-0.2, -0.15) is 5.10 Å². The maximum atomic E-state index is 11.6. The molecule has 0 unspecified atom stereocenters. The third-order valence-corrected chi connectivity index (χ3v) is 3.07. The lowest BCUT2D eigenvalue weighted by Gasteiger charge is -2.05. The van der Waals surface area contributed by atoms with E-state index < -0.39 is 5.91 Å². The quantitative estimate of drug-likeness (QED) is 0.561. The highest BCUT2D eigenvalue weighted by Gasteiger charge is 2.03. The zero-order valence-electron chi connectivity index (χ0n) is 11.4. The fraction of sp³-hybridized carbons (Fsp3) is 0.0667. The third kappa shape index (κ3) is 4.78. The number of nitrogens with one attached hydrogen (secondary N) is 1. The molecule has 22 heavy (non-hydrogen) atoms. The van der Waals surface area contributed by atoms with Gasteiger partial charge in [0.15, 0.2) is 6.61 Å². The molecule has 114 valence electrons. The molecule has 0 saturated carbocycles. The van der Waals surface area contributed by atoms with Crippen molar-refractivity contribution in [2.45, 2.75) is 0 Å². The molecule has 7 heteroatoms. The van der Waals surface area contributed by atoms with Crippen LogP contribution in [0.1, 0.15) is 5.56 Å². The summed E-state index contributed by atoms with van der Waals surface area (Å²) in [5.74, 6) is -0.0660. The average molecular weight is 365 g/mol. The molecule has 2 aromatic carbocycles. The van der Waals surface area contributed by atoms with Gasteiger partial charge in [-0.05, 0) is 30.3 Å². The summed E-state index contributed by atoms with van der Waals surface area (Å²) in [4.78, 5) is 11.6. The molecule has 0 bridgehead atoms. The molecule has 0 heterocycles. The Balaban J connectivity index is 1.83. The highest BCUT2D eigenvalue weighted by Crippen LogP contribution is 2.20. The number of carbonyl (C=O) groups excluding carboxylic acids is 1. The number of aromatic hydroxyl groups is 2. The van der Waals surface area contributed by atoms with Gasteiger partial charge in [-0.25, -0.2) is 5.43 Å². The van der Waals surface area contributed by atoms with Crippen molar-refractivity contribution < 1.29 is 19.7 Å². The van der Waals surface area contributed by atoms with Gasteiger partial charge in [-0.1, -0.05) is 22.0 Å². The molecule has 0 fully saturated rings. The van der Waals surface area contributed by atoms with Gasteiger partial charge in [0.05, 0.1) is 6.21 Å². The topological polar surface area (TPSA) is 91.2 Å². The van der Waals surface area contributed by atoms with E-state index in [1.54, 1.807) is 18.2 Å². The number of phenolic OH excluding ortho intramolecular Hbond substituents is 2. The summed E-state index contributed by atoms with van der Waals surface area (Å²) in [5.41, 5.74) is 2.64. The van der Waals surface area contributed by atoms with Crippen LogP contribution in [0.5, 0.6) is 17.2 Å². The van der Waals surface area contributed by atoms with E-state index in [1.807, 2.05) is 6.07 Å². The predicted octanol–water partition coefficient (Wildman–Crippen LogP) is 2.39. The van der Waals surface area contributed by atoms with Crippen molar-refractivity contribution in [2.24, 2.45) is 5.10 Å². The van der Waals surface area contributed by atoms with E-state index in [2.05, 4.69) is 26.5 Å². The normalized spacial score (nSPS) is 10.6. The van der Waals surface area contributed by atoms with Crippen LogP contribution in [-0.4, -0.2) is 28.9 Å². The molecular weight excluding hydrogens is 352 g/mol. The Hall–Kier alpha value is -2.54. The number of hydrazone groups is 1.